The van der Waals surface area contributed by atoms with Crippen molar-refractivity contribution in [3.05, 3.63) is 99.8 Å². The third-order valence-electron chi connectivity index (χ3n) is 7.16. The molecule has 0 aromatic heterocycles. The summed E-state index contributed by atoms with van der Waals surface area (Å²) < 4.78 is 41.1. The van der Waals surface area contributed by atoms with Gasteiger partial charge in [-0.25, -0.2) is 12.8 Å². The van der Waals surface area contributed by atoms with Gasteiger partial charge in [0.05, 0.1) is 11.9 Å². The molecule has 0 saturated heterocycles. The Morgan fingerprint density at radius 2 is 1.56 bits per heavy atom. The molecule has 11 heteroatoms. The van der Waals surface area contributed by atoms with Crippen molar-refractivity contribution < 1.29 is 22.4 Å². The lowest BCUT2D eigenvalue weighted by molar-refractivity contribution is -0.140. The summed E-state index contributed by atoms with van der Waals surface area (Å²) in [5, 5.41) is 3.66. The van der Waals surface area contributed by atoms with E-state index >= 15 is 0 Å². The summed E-state index contributed by atoms with van der Waals surface area (Å²) in [4.78, 5) is 29.3. The van der Waals surface area contributed by atoms with Gasteiger partial charge in [-0.2, -0.15) is 0 Å². The van der Waals surface area contributed by atoms with E-state index < -0.39 is 34.3 Å². The van der Waals surface area contributed by atoms with E-state index in [0.29, 0.717) is 19.9 Å². The number of nitrogens with zero attached hydrogens (tertiary/aromatic N) is 2. The summed E-state index contributed by atoms with van der Waals surface area (Å²) in [6.07, 6.45) is 4.73. The third-order valence-corrected chi connectivity index (χ3v) is 9.00. The number of nitrogens with one attached hydrogen (secondary N) is 1. The lowest BCUT2D eigenvalue weighted by atomic mass is 10.0. The Labute approximate surface area is 250 Å². The van der Waals surface area contributed by atoms with Crippen molar-refractivity contribution in [3.63, 3.8) is 0 Å². The summed E-state index contributed by atoms with van der Waals surface area (Å²) in [6.45, 7) is -0.897. The fraction of sp³-hybridized carbons (Fsp3) is 0.333. The second-order valence-corrected chi connectivity index (χ2v) is 12.9. The largest absolute Gasteiger partial charge is 0.352 e. The molecule has 1 fully saturated rings. The van der Waals surface area contributed by atoms with E-state index in [2.05, 4.69) is 5.32 Å². The molecule has 3 aromatic carbocycles. The highest BCUT2D eigenvalue weighted by Gasteiger charge is 2.35. The second-order valence-electron chi connectivity index (χ2n) is 10.1. The van der Waals surface area contributed by atoms with Gasteiger partial charge in [0.1, 0.15) is 18.4 Å². The van der Waals surface area contributed by atoms with Crippen LogP contribution in [0.25, 0.3) is 0 Å². The summed E-state index contributed by atoms with van der Waals surface area (Å²) in [5.41, 5.74) is 0.943. The lowest BCUT2D eigenvalue weighted by Gasteiger charge is -2.34. The molecular formula is C30H32Cl2FN3O4S. The molecule has 0 radical (unpaired) electrons. The Balaban J connectivity index is 1.77. The van der Waals surface area contributed by atoms with Crippen LogP contribution in [0.2, 0.25) is 10.0 Å². The van der Waals surface area contributed by atoms with Gasteiger partial charge in [0.15, 0.2) is 0 Å². The first-order valence-electron chi connectivity index (χ1n) is 13.3. The predicted octanol–water partition coefficient (Wildman–Crippen LogP) is 5.60. The molecule has 1 aliphatic rings. The molecule has 7 nitrogen and oxygen atoms in total. The molecular weight excluding hydrogens is 588 g/mol. The summed E-state index contributed by atoms with van der Waals surface area (Å²) >= 11 is 13.0. The third kappa shape index (κ3) is 7.99. The van der Waals surface area contributed by atoms with Crippen LogP contribution < -0.4 is 9.62 Å². The Kier molecular flexibility index (Phi) is 10.3. The molecule has 0 aliphatic heterocycles. The summed E-state index contributed by atoms with van der Waals surface area (Å²) in [6, 6.07) is 18.4. The number of carbonyl (C=O) groups excluding carboxylic acids is 2. The van der Waals surface area contributed by atoms with Gasteiger partial charge in [0, 0.05) is 34.6 Å². The molecule has 218 valence electrons. The van der Waals surface area contributed by atoms with Crippen molar-refractivity contribution >= 4 is 50.7 Å². The Hall–Kier alpha value is -3.14. The first-order chi connectivity index (χ1) is 19.5. The van der Waals surface area contributed by atoms with Crippen LogP contribution in [0.5, 0.6) is 0 Å². The fourth-order valence-corrected chi connectivity index (χ4v) is 6.39. The predicted molar refractivity (Wildman–Crippen MR) is 160 cm³/mol. The number of anilines is 1. The molecule has 1 atom stereocenters. The number of amides is 2. The molecule has 0 heterocycles. The lowest BCUT2D eigenvalue weighted by Crippen LogP contribution is -2.54. The average Bonchev–Trinajstić information content (AvgIpc) is 3.44. The van der Waals surface area contributed by atoms with Gasteiger partial charge < -0.3 is 10.2 Å². The zero-order chi connectivity index (χ0) is 29.6. The van der Waals surface area contributed by atoms with Crippen LogP contribution in [0.15, 0.2) is 72.8 Å². The number of halogens is 3. The van der Waals surface area contributed by atoms with Crippen LogP contribution in [0.1, 0.15) is 36.8 Å². The molecule has 1 N–H and O–H groups in total. The van der Waals surface area contributed by atoms with Gasteiger partial charge in [-0.15, -0.1) is 0 Å². The summed E-state index contributed by atoms with van der Waals surface area (Å²) in [7, 11) is -4.09. The highest BCUT2D eigenvalue weighted by molar-refractivity contribution is 7.92. The first kappa shape index (κ1) is 30.8. The summed E-state index contributed by atoms with van der Waals surface area (Å²) in [5.74, 6) is -1.88. The van der Waals surface area contributed by atoms with Gasteiger partial charge in [0.2, 0.25) is 21.8 Å². The molecule has 0 bridgehead atoms. The molecule has 4 rings (SSSR count). The van der Waals surface area contributed by atoms with E-state index in [0.717, 1.165) is 43.6 Å². The van der Waals surface area contributed by atoms with E-state index in [4.69, 9.17) is 23.2 Å². The van der Waals surface area contributed by atoms with Gasteiger partial charge in [-0.05, 0) is 42.7 Å². The maximum absolute atomic E-state index is 14.7. The maximum Gasteiger partial charge on any atom is 0.244 e. The van der Waals surface area contributed by atoms with E-state index in [-0.39, 0.29) is 30.6 Å². The minimum absolute atomic E-state index is 0.0208. The molecule has 2 amide bonds. The van der Waals surface area contributed by atoms with Gasteiger partial charge in [0.25, 0.3) is 0 Å². The van der Waals surface area contributed by atoms with Crippen LogP contribution in [-0.2, 0) is 32.6 Å². The molecule has 1 aliphatic carbocycles. The van der Waals surface area contributed by atoms with Crippen molar-refractivity contribution in [1.29, 1.82) is 0 Å². The quantitative estimate of drug-likeness (QED) is 0.303. The van der Waals surface area contributed by atoms with Crippen LogP contribution in [-0.4, -0.2) is 50.0 Å². The second kappa shape index (κ2) is 13.7. The zero-order valence-corrected chi connectivity index (χ0v) is 24.9. The van der Waals surface area contributed by atoms with Crippen molar-refractivity contribution in [2.75, 3.05) is 17.1 Å². The average molecular weight is 621 g/mol. The minimum Gasteiger partial charge on any atom is -0.352 e. The van der Waals surface area contributed by atoms with Crippen molar-refractivity contribution in [1.82, 2.24) is 10.2 Å². The van der Waals surface area contributed by atoms with E-state index in [1.54, 1.807) is 18.2 Å². The van der Waals surface area contributed by atoms with Crippen molar-refractivity contribution in [2.24, 2.45) is 0 Å². The van der Waals surface area contributed by atoms with Gasteiger partial charge in [-0.3, -0.25) is 13.9 Å². The normalized spacial score (nSPS) is 14.4. The van der Waals surface area contributed by atoms with Crippen molar-refractivity contribution in [3.8, 4) is 0 Å². The van der Waals surface area contributed by atoms with Crippen LogP contribution in [0.3, 0.4) is 0 Å². The molecule has 0 unspecified atom stereocenters. The molecule has 3 aromatic rings. The molecule has 0 spiro atoms. The van der Waals surface area contributed by atoms with E-state index in [1.807, 2.05) is 30.3 Å². The smallest absolute Gasteiger partial charge is 0.244 e. The van der Waals surface area contributed by atoms with Gasteiger partial charge >= 0.3 is 0 Å². The van der Waals surface area contributed by atoms with Gasteiger partial charge in [-0.1, -0.05) is 84.6 Å². The maximum atomic E-state index is 14.7. The van der Waals surface area contributed by atoms with Crippen molar-refractivity contribution in [2.45, 2.75) is 50.7 Å². The Morgan fingerprint density at radius 1 is 0.951 bits per heavy atom. The first-order valence-corrected chi connectivity index (χ1v) is 15.9. The van der Waals surface area contributed by atoms with Crippen LogP contribution >= 0.6 is 23.2 Å². The highest BCUT2D eigenvalue weighted by Crippen LogP contribution is 2.29. The molecule has 1 saturated carbocycles. The number of hydrogen-bond acceptors (Lipinski definition) is 4. The molecule has 41 heavy (non-hydrogen) atoms. The Morgan fingerprint density at radius 3 is 2.17 bits per heavy atom. The number of sulfonamides is 1. The van der Waals surface area contributed by atoms with E-state index in [9.17, 15) is 22.4 Å². The number of benzene rings is 3. The fourth-order valence-electron chi connectivity index (χ4n) is 5.02. The van der Waals surface area contributed by atoms with Crippen LogP contribution in [0, 0.1) is 5.82 Å². The number of hydrogen-bond donors (Lipinski definition) is 1. The van der Waals surface area contributed by atoms with E-state index in [1.165, 1.54) is 23.1 Å². The standard InChI is InChI=1S/C30H32Cl2FN3O4S/c1-41(39,40)36(27-17-8-7-16-26(27)33)20-29(37)35(19-23-24(31)14-9-15-25(23)32)28(18-21-10-3-2-4-11-21)30(38)34-22-12-5-6-13-22/h2-4,7-11,14-17,22,28H,5-6,12-13,18-20H2,1H3,(H,34,38)/t28-/m1/s1. The monoisotopic (exact) mass is 619 g/mol. The van der Waals surface area contributed by atoms with Crippen LogP contribution in [0.4, 0.5) is 10.1 Å². The number of carbonyl (C=O) groups is 2. The minimum atomic E-state index is -4.09. The number of para-hydroxylation sites is 1. The highest BCUT2D eigenvalue weighted by atomic mass is 35.5. The Bertz CT molecular complexity index is 1460. The topological polar surface area (TPSA) is 86.8 Å². The number of rotatable bonds is 11. The zero-order valence-electron chi connectivity index (χ0n) is 22.6. The SMILES string of the molecule is CS(=O)(=O)N(CC(=O)N(Cc1c(Cl)cccc1Cl)[C@H](Cc1ccccc1)C(=O)NC1CCCC1)c1ccccc1F.